The molecule has 19 N–H and O–H groups in total. The molecule has 6 unspecified atom stereocenters. The maximum Gasteiger partial charge on any atom is 0.322 e. The van der Waals surface area contributed by atoms with Crippen LogP contribution in [0.1, 0.15) is 148 Å². The second-order valence-electron chi connectivity index (χ2n) is 20.2. The van der Waals surface area contributed by atoms with Gasteiger partial charge >= 0.3 is 29.8 Å². The Hall–Kier alpha value is -7.50. The van der Waals surface area contributed by atoms with Crippen LogP contribution in [0, 0.1) is 60.7 Å². The molecule has 0 spiro atoms. The minimum absolute atomic E-state index is 0.00705. The van der Waals surface area contributed by atoms with Gasteiger partial charge < -0.3 is 110 Å². The molecule has 0 aromatic heterocycles. The fraction of sp³-hybridized carbons (Fsp3) is 0.904. The Labute approximate surface area is 566 Å². The summed E-state index contributed by atoms with van der Waals surface area (Å²) in [7, 11) is 0. The van der Waals surface area contributed by atoms with Gasteiger partial charge in [0.2, 0.25) is 0 Å². The van der Waals surface area contributed by atoms with Crippen molar-refractivity contribution in [1.82, 2.24) is 5.32 Å². The van der Waals surface area contributed by atoms with E-state index in [0.717, 1.165) is 76.4 Å². The average molecular weight is 1440 g/mol. The zero-order valence-corrected chi connectivity index (χ0v) is 56.3. The molecular formula is C52H108N16O28S. The number of hydrogen-bond donors (Lipinski definition) is 10. The first-order valence-corrected chi connectivity index (χ1v) is 32.8. The second kappa shape index (κ2) is 72.8. The molecule has 0 heterocycles. The molecule has 0 saturated carbocycles. The van der Waals surface area contributed by atoms with E-state index in [1.807, 2.05) is 6.26 Å². The summed E-state index contributed by atoms with van der Waals surface area (Å²) in [6.45, 7) is 3.34. The molecule has 570 valence electrons. The number of thioether (sulfide) groups is 1. The van der Waals surface area contributed by atoms with Gasteiger partial charge in [-0.2, -0.15) is 11.8 Å². The van der Waals surface area contributed by atoms with Gasteiger partial charge in [0.15, 0.2) is 0 Å². The maximum absolute atomic E-state index is 11.6. The number of rotatable bonds is 60. The van der Waals surface area contributed by atoms with Crippen LogP contribution in [0.25, 0.3) is 0 Å². The van der Waals surface area contributed by atoms with E-state index in [9.17, 15) is 84.7 Å². The van der Waals surface area contributed by atoms with Gasteiger partial charge in [-0.1, -0.05) is 32.1 Å². The number of nitrogens with one attached hydrogen (secondary N) is 1. The molecule has 44 nitrogen and oxygen atoms in total. The van der Waals surface area contributed by atoms with E-state index in [4.69, 9.17) is 75.3 Å². The van der Waals surface area contributed by atoms with Gasteiger partial charge in [-0.3, -0.25) is 24.0 Å². The smallest absolute Gasteiger partial charge is 0.322 e. The van der Waals surface area contributed by atoms with E-state index in [1.165, 1.54) is 0 Å². The standard InChI is InChI=1S/C12H24N4O8.C12H25N3O5.C10H21N3O5.C9H19N3O5S.C9H19N3O5/c13-7-3-1-6-11(14)12(17)22-8-4-2-5-10(24-16(20)21)9-23-15(18)19;13-8-4-3-7-11(14)12(16)19-9-5-1-2-6-10-20-15(17)18;11-6-2-1-5-9(12)10(14)17-7-3-4-8-18-13(15)16;1-18-7-2-8(10)9(13)16-5-3-11-4-6-17-12(14)15;10-5-2-1-4-8(11)9(13)16-6-3-7-17-12(14)15/h10-11H,1-9,13-14H2;11H,1-10,13-14H2;9H,1-8,11-12H2;8,11H,2-7,10H2,1H3;8H,1-7,10-11H2. The highest BCUT2D eigenvalue weighted by molar-refractivity contribution is 7.98. The third-order valence-corrected chi connectivity index (χ3v) is 12.6. The summed E-state index contributed by atoms with van der Waals surface area (Å²) in [6.07, 6.45) is 15.2. The molecule has 0 aromatic rings. The fourth-order valence-electron chi connectivity index (χ4n) is 6.78. The van der Waals surface area contributed by atoms with E-state index in [2.05, 4.69) is 34.3 Å². The van der Waals surface area contributed by atoms with Gasteiger partial charge in [0.25, 0.3) is 30.5 Å². The molecule has 0 rings (SSSR count). The van der Waals surface area contributed by atoms with E-state index in [0.29, 0.717) is 110 Å². The Bertz CT molecular complexity index is 2050. The van der Waals surface area contributed by atoms with Crippen molar-refractivity contribution in [3.8, 4) is 0 Å². The highest BCUT2D eigenvalue weighted by atomic mass is 32.2. The van der Waals surface area contributed by atoms with E-state index in [-0.39, 0.29) is 71.7 Å². The lowest BCUT2D eigenvalue weighted by atomic mass is 10.1. The van der Waals surface area contributed by atoms with Gasteiger partial charge in [-0.25, -0.2) is 0 Å². The third kappa shape index (κ3) is 79.1. The number of esters is 5. The van der Waals surface area contributed by atoms with Crippen molar-refractivity contribution in [1.29, 1.82) is 0 Å². The average Bonchev–Trinajstić information content (AvgIpc) is 3.10. The summed E-state index contributed by atoms with van der Waals surface area (Å²) in [5.74, 6) is -1.44. The van der Waals surface area contributed by atoms with Crippen LogP contribution in [0.4, 0.5) is 0 Å². The highest BCUT2D eigenvalue weighted by Crippen LogP contribution is 2.09. The van der Waals surface area contributed by atoms with Crippen LogP contribution in [0.2, 0.25) is 0 Å². The Morgan fingerprint density at radius 3 is 0.969 bits per heavy atom. The molecule has 0 radical (unpaired) electrons. The zero-order valence-electron chi connectivity index (χ0n) is 55.5. The number of nitrogens with two attached hydrogens (primary N) is 9. The Balaban J connectivity index is -0.000000366. The van der Waals surface area contributed by atoms with Crippen LogP contribution < -0.4 is 56.9 Å². The lowest BCUT2D eigenvalue weighted by Crippen LogP contribution is -2.34. The molecule has 6 atom stereocenters. The summed E-state index contributed by atoms with van der Waals surface area (Å²) in [4.78, 5) is 141. The van der Waals surface area contributed by atoms with E-state index >= 15 is 0 Å². The Morgan fingerprint density at radius 2 is 0.619 bits per heavy atom. The van der Waals surface area contributed by atoms with Gasteiger partial charge in [0.05, 0.1) is 46.2 Å². The van der Waals surface area contributed by atoms with Crippen LogP contribution in [-0.4, -0.2) is 214 Å². The molecule has 0 aliphatic carbocycles. The predicted molar refractivity (Wildman–Crippen MR) is 345 cm³/mol. The monoisotopic (exact) mass is 1440 g/mol. The van der Waals surface area contributed by atoms with Crippen molar-refractivity contribution in [2.45, 2.75) is 184 Å². The van der Waals surface area contributed by atoms with Gasteiger partial charge in [0, 0.05) is 19.5 Å². The quantitative estimate of drug-likeness (QED) is 0.0122. The van der Waals surface area contributed by atoms with Crippen LogP contribution >= 0.6 is 11.8 Å². The van der Waals surface area contributed by atoms with Crippen molar-refractivity contribution >= 4 is 41.6 Å². The van der Waals surface area contributed by atoms with E-state index in [1.54, 1.807) is 11.8 Å². The number of carbonyl (C=O) groups is 5. The number of unbranched alkanes of at least 4 members (excludes halogenated alkanes) is 9. The van der Waals surface area contributed by atoms with Crippen molar-refractivity contribution in [3.63, 3.8) is 0 Å². The first kappa shape index (κ1) is 98.2. The first-order valence-electron chi connectivity index (χ1n) is 31.5. The largest absolute Gasteiger partial charge is 0.465 e. The molecule has 0 amide bonds. The van der Waals surface area contributed by atoms with Crippen molar-refractivity contribution in [2.24, 2.45) is 51.6 Å². The SMILES string of the molecule is CSCCC(N)C(=O)OCCNCCO[N+](=O)[O-].NCCCCC(N)C(=O)OCCCCC(CO[N+](=O)[O-])O[N+](=O)[O-].NCCCCC(N)C(=O)OCCCCCCO[N+](=O)[O-].NCCCCC(N)C(=O)OCCCCO[N+](=O)[O-].NCCCCC(N)C(=O)OCCCO[N+](=O)[O-]. The van der Waals surface area contributed by atoms with Crippen LogP contribution in [0.15, 0.2) is 0 Å². The number of nitrogens with zero attached hydrogens (tertiary/aromatic N) is 6. The maximum atomic E-state index is 11.6. The Kier molecular flexibility index (Phi) is 73.6. The third-order valence-electron chi connectivity index (χ3n) is 12.0. The van der Waals surface area contributed by atoms with Gasteiger partial charge in [-0.05, 0) is 147 Å². The molecule has 0 aliphatic heterocycles. The van der Waals surface area contributed by atoms with Gasteiger partial charge in [-0.15, -0.1) is 60.7 Å². The second-order valence-corrected chi connectivity index (χ2v) is 21.2. The van der Waals surface area contributed by atoms with Crippen LogP contribution in [0.3, 0.4) is 0 Å². The highest BCUT2D eigenvalue weighted by Gasteiger charge is 2.20. The summed E-state index contributed by atoms with van der Waals surface area (Å²) >= 11 is 1.62. The zero-order chi connectivity index (χ0) is 74.3. The molecule has 0 bridgehead atoms. The lowest BCUT2D eigenvalue weighted by Gasteiger charge is -2.14. The van der Waals surface area contributed by atoms with Crippen LogP contribution in [-0.2, 0) is 76.7 Å². The van der Waals surface area contributed by atoms with Gasteiger partial charge in [0.1, 0.15) is 56.1 Å². The molecule has 0 aliphatic rings. The lowest BCUT2D eigenvalue weighted by molar-refractivity contribution is -0.790. The topological polar surface area (TPSA) is 692 Å². The molecule has 97 heavy (non-hydrogen) atoms. The molecular weight excluding hydrogens is 1330 g/mol. The first-order chi connectivity index (χ1) is 46.2. The summed E-state index contributed by atoms with van der Waals surface area (Å²) < 4.78 is 24.7. The minimum atomic E-state index is -1.06. The van der Waals surface area contributed by atoms with Crippen molar-refractivity contribution in [2.75, 3.05) is 117 Å². The molecule has 45 heteroatoms. The summed E-state index contributed by atoms with van der Waals surface area (Å²) in [5.41, 5.74) is 49.4. The molecule has 0 fully saturated rings. The Morgan fingerprint density at radius 1 is 0.340 bits per heavy atom. The molecule has 0 saturated heterocycles. The van der Waals surface area contributed by atoms with Crippen LogP contribution in [0.5, 0.6) is 0 Å². The minimum Gasteiger partial charge on any atom is -0.465 e. The van der Waals surface area contributed by atoms with Crippen molar-refractivity contribution < 1.29 is 107 Å². The normalized spacial score (nSPS) is 12.1. The number of hydrogen-bond acceptors (Lipinski definition) is 39. The van der Waals surface area contributed by atoms with Crippen molar-refractivity contribution in [3.05, 3.63) is 60.7 Å². The number of ether oxygens (including phenoxy) is 5. The number of carbonyl (C=O) groups excluding carboxylic acids is 5. The summed E-state index contributed by atoms with van der Waals surface area (Å²) in [5, 5.41) is 57.0. The predicted octanol–water partition coefficient (Wildman–Crippen LogP) is -0.337. The van der Waals surface area contributed by atoms with E-state index < -0.39 is 97.3 Å². The molecule has 0 aromatic carbocycles. The summed E-state index contributed by atoms with van der Waals surface area (Å²) in [6, 6.07) is -3.13. The fourth-order valence-corrected chi connectivity index (χ4v) is 7.27.